The topological polar surface area (TPSA) is 65.7 Å². The van der Waals surface area contributed by atoms with E-state index in [2.05, 4.69) is 5.32 Å². The van der Waals surface area contributed by atoms with Crippen molar-refractivity contribution in [3.8, 4) is 0 Å². The number of nitrogens with two attached hydrogens (primary N) is 1. The van der Waals surface area contributed by atoms with Crippen molar-refractivity contribution in [2.45, 2.75) is 25.4 Å². The van der Waals surface area contributed by atoms with Gasteiger partial charge in [-0.3, -0.25) is 0 Å². The molecule has 0 amide bonds. The number of hydrogen-bond acceptors (Lipinski definition) is 5. The zero-order valence-corrected chi connectivity index (χ0v) is 11.2. The van der Waals surface area contributed by atoms with E-state index in [0.717, 1.165) is 25.6 Å². The van der Waals surface area contributed by atoms with Crippen LogP contribution in [-0.4, -0.2) is 49.3 Å². The summed E-state index contributed by atoms with van der Waals surface area (Å²) in [6.45, 7) is 3.72. The fourth-order valence-electron chi connectivity index (χ4n) is 1.32. The molecule has 15 heavy (non-hydrogen) atoms. The summed E-state index contributed by atoms with van der Waals surface area (Å²) in [5.74, 6) is 0. The Hall–Kier alpha value is 0.0169. The Balaban J connectivity index is 3.63. The molecule has 0 aliphatic heterocycles. The summed E-state index contributed by atoms with van der Waals surface area (Å²) in [6.07, 6.45) is 0.967. The van der Waals surface area contributed by atoms with Gasteiger partial charge in [0.25, 0.3) is 0 Å². The molecular formula is C9H24N2O3Si. The summed E-state index contributed by atoms with van der Waals surface area (Å²) < 4.78 is 15.9. The van der Waals surface area contributed by atoms with Crippen molar-refractivity contribution in [3.05, 3.63) is 0 Å². The van der Waals surface area contributed by atoms with Gasteiger partial charge in [-0.05, 0) is 19.9 Å². The molecule has 0 radical (unpaired) electrons. The lowest BCUT2D eigenvalue weighted by molar-refractivity contribution is 0.123. The molecule has 1 unspecified atom stereocenters. The van der Waals surface area contributed by atoms with Crippen molar-refractivity contribution in [2.75, 3.05) is 34.4 Å². The Morgan fingerprint density at radius 2 is 1.73 bits per heavy atom. The van der Waals surface area contributed by atoms with E-state index in [1.165, 1.54) is 0 Å². The first-order valence-electron chi connectivity index (χ1n) is 5.22. The van der Waals surface area contributed by atoms with Gasteiger partial charge in [0.2, 0.25) is 0 Å². The minimum absolute atomic E-state index is 0.194. The quantitative estimate of drug-likeness (QED) is 0.442. The minimum Gasteiger partial charge on any atom is -0.377 e. The van der Waals surface area contributed by atoms with E-state index in [1.807, 2.05) is 6.92 Å². The molecule has 0 bridgehead atoms. The van der Waals surface area contributed by atoms with E-state index in [4.69, 9.17) is 19.0 Å². The van der Waals surface area contributed by atoms with E-state index < -0.39 is 8.80 Å². The fourth-order valence-corrected chi connectivity index (χ4v) is 3.04. The van der Waals surface area contributed by atoms with Gasteiger partial charge in [-0.2, -0.15) is 0 Å². The first-order chi connectivity index (χ1) is 7.10. The second-order valence-corrected chi connectivity index (χ2v) is 6.67. The van der Waals surface area contributed by atoms with Crippen LogP contribution in [0, 0.1) is 0 Å². The molecule has 1 atom stereocenters. The Kier molecular flexibility index (Phi) is 8.21. The third-order valence-corrected chi connectivity index (χ3v) is 5.07. The van der Waals surface area contributed by atoms with Gasteiger partial charge in [-0.15, -0.1) is 0 Å². The van der Waals surface area contributed by atoms with E-state index in [1.54, 1.807) is 21.3 Å². The van der Waals surface area contributed by atoms with Crippen molar-refractivity contribution in [1.82, 2.24) is 5.32 Å². The molecule has 0 saturated heterocycles. The normalized spacial score (nSPS) is 14.2. The molecule has 0 spiro atoms. The fraction of sp³-hybridized carbons (Fsp3) is 1.00. The molecule has 0 aliphatic carbocycles. The van der Waals surface area contributed by atoms with Crippen molar-refractivity contribution in [3.63, 3.8) is 0 Å². The predicted molar refractivity (Wildman–Crippen MR) is 62.7 cm³/mol. The van der Waals surface area contributed by atoms with Crippen LogP contribution in [0.15, 0.2) is 0 Å². The van der Waals surface area contributed by atoms with Gasteiger partial charge < -0.3 is 24.3 Å². The lowest BCUT2D eigenvalue weighted by atomic mass is 10.3. The summed E-state index contributed by atoms with van der Waals surface area (Å²) in [7, 11) is 2.53. The molecule has 0 saturated carbocycles. The molecule has 0 aromatic heterocycles. The summed E-state index contributed by atoms with van der Waals surface area (Å²) in [6, 6.07) is 1.02. The molecule has 0 heterocycles. The highest BCUT2D eigenvalue weighted by Gasteiger charge is 2.36. The first-order valence-corrected chi connectivity index (χ1v) is 7.15. The largest absolute Gasteiger partial charge is 0.500 e. The summed E-state index contributed by atoms with van der Waals surface area (Å²) in [5.41, 5.74) is 5.61. The highest BCUT2D eigenvalue weighted by Crippen LogP contribution is 2.14. The monoisotopic (exact) mass is 236 g/mol. The highest BCUT2D eigenvalue weighted by atomic mass is 28.4. The second kappa shape index (κ2) is 8.20. The van der Waals surface area contributed by atoms with Crippen LogP contribution in [0.3, 0.4) is 0 Å². The number of rotatable bonds is 9. The van der Waals surface area contributed by atoms with Crippen LogP contribution in [0.25, 0.3) is 0 Å². The zero-order valence-electron chi connectivity index (χ0n) is 10.2. The smallest absolute Gasteiger partial charge is 0.377 e. The SMILES string of the molecule is CO[Si](CCCNCC(C)N)(OC)OC. The maximum atomic E-state index is 5.61. The Labute approximate surface area is 93.6 Å². The molecule has 0 aromatic carbocycles. The lowest BCUT2D eigenvalue weighted by Crippen LogP contribution is -2.43. The highest BCUT2D eigenvalue weighted by molar-refractivity contribution is 6.60. The van der Waals surface area contributed by atoms with Crippen LogP contribution in [0.1, 0.15) is 13.3 Å². The third-order valence-electron chi connectivity index (χ3n) is 2.24. The summed E-state index contributed by atoms with van der Waals surface area (Å²) >= 11 is 0. The van der Waals surface area contributed by atoms with Crippen LogP contribution in [0.5, 0.6) is 0 Å². The number of nitrogens with one attached hydrogen (secondary N) is 1. The van der Waals surface area contributed by atoms with Crippen LogP contribution < -0.4 is 11.1 Å². The van der Waals surface area contributed by atoms with E-state index in [-0.39, 0.29) is 6.04 Å². The number of hydrogen-bond donors (Lipinski definition) is 2. The average Bonchev–Trinajstić information content (AvgIpc) is 2.24. The molecule has 0 aromatic rings. The van der Waals surface area contributed by atoms with Crippen LogP contribution in [-0.2, 0) is 13.3 Å². The van der Waals surface area contributed by atoms with Gasteiger partial charge in [0.05, 0.1) is 0 Å². The van der Waals surface area contributed by atoms with Gasteiger partial charge in [-0.25, -0.2) is 0 Å². The van der Waals surface area contributed by atoms with Crippen LogP contribution >= 0.6 is 0 Å². The van der Waals surface area contributed by atoms with Crippen LogP contribution in [0.2, 0.25) is 6.04 Å². The zero-order chi connectivity index (χ0) is 11.7. The van der Waals surface area contributed by atoms with Gasteiger partial charge in [0, 0.05) is 40.0 Å². The van der Waals surface area contributed by atoms with Gasteiger partial charge in [0.15, 0.2) is 0 Å². The average molecular weight is 236 g/mol. The first kappa shape index (κ1) is 15.0. The molecule has 92 valence electrons. The second-order valence-electron chi connectivity index (χ2n) is 3.58. The molecule has 0 fully saturated rings. The summed E-state index contributed by atoms with van der Waals surface area (Å²) in [5, 5.41) is 3.26. The minimum atomic E-state index is -2.37. The van der Waals surface area contributed by atoms with Crippen molar-refractivity contribution in [2.24, 2.45) is 5.73 Å². The third kappa shape index (κ3) is 6.24. The maximum Gasteiger partial charge on any atom is 0.500 e. The molecule has 5 nitrogen and oxygen atoms in total. The predicted octanol–water partition coefficient (Wildman–Crippen LogP) is 0.191. The Morgan fingerprint density at radius 3 is 2.13 bits per heavy atom. The van der Waals surface area contributed by atoms with Crippen molar-refractivity contribution >= 4 is 8.80 Å². The van der Waals surface area contributed by atoms with Gasteiger partial charge >= 0.3 is 8.80 Å². The van der Waals surface area contributed by atoms with E-state index >= 15 is 0 Å². The molecule has 3 N–H and O–H groups in total. The molecule has 0 aliphatic rings. The molecule has 0 rings (SSSR count). The Bertz CT molecular complexity index is 146. The lowest BCUT2D eigenvalue weighted by Gasteiger charge is -2.24. The molecular weight excluding hydrogens is 212 g/mol. The standard InChI is InChI=1S/C9H24N2O3Si/c1-9(10)8-11-6-5-7-15(12-2,13-3)14-4/h9,11H,5-8,10H2,1-4H3. The van der Waals surface area contributed by atoms with E-state index in [9.17, 15) is 0 Å². The van der Waals surface area contributed by atoms with Crippen molar-refractivity contribution < 1.29 is 13.3 Å². The van der Waals surface area contributed by atoms with Crippen LogP contribution in [0.4, 0.5) is 0 Å². The van der Waals surface area contributed by atoms with Gasteiger partial charge in [-0.1, -0.05) is 0 Å². The van der Waals surface area contributed by atoms with Gasteiger partial charge in [0.1, 0.15) is 0 Å². The Morgan fingerprint density at radius 1 is 1.20 bits per heavy atom. The molecule has 6 heteroatoms. The summed E-state index contributed by atoms with van der Waals surface area (Å²) in [4.78, 5) is 0. The van der Waals surface area contributed by atoms with E-state index in [0.29, 0.717) is 0 Å². The maximum absolute atomic E-state index is 5.61. The van der Waals surface area contributed by atoms with Crippen molar-refractivity contribution in [1.29, 1.82) is 0 Å².